The lowest BCUT2D eigenvalue weighted by Gasteiger charge is -2.29. The number of hydrogen-bond acceptors (Lipinski definition) is 1. The zero-order valence-electron chi connectivity index (χ0n) is 12.6. The molecule has 0 heterocycles. The maximum atomic E-state index is 5.78. The van der Waals surface area contributed by atoms with Crippen LogP contribution in [0.25, 0.3) is 0 Å². The molecule has 0 atom stereocenters. The summed E-state index contributed by atoms with van der Waals surface area (Å²) >= 11 is 0. The molecular formula is C16H35N. The highest BCUT2D eigenvalue weighted by Gasteiger charge is 2.21. The summed E-state index contributed by atoms with van der Waals surface area (Å²) in [7, 11) is 0. The van der Waals surface area contributed by atoms with Crippen molar-refractivity contribution in [2.75, 3.05) is 6.54 Å². The van der Waals surface area contributed by atoms with Crippen molar-refractivity contribution in [2.45, 2.75) is 91.4 Å². The van der Waals surface area contributed by atoms with Crippen LogP contribution in [0.4, 0.5) is 0 Å². The zero-order chi connectivity index (χ0) is 13.0. The molecule has 1 heteroatoms. The van der Waals surface area contributed by atoms with Gasteiger partial charge in [-0.3, -0.25) is 0 Å². The first-order chi connectivity index (χ1) is 8.18. The number of hydrogen-bond donors (Lipinski definition) is 1. The summed E-state index contributed by atoms with van der Waals surface area (Å²) in [6, 6.07) is 0. The maximum absolute atomic E-state index is 5.78. The summed E-state index contributed by atoms with van der Waals surface area (Å²) in [4.78, 5) is 0. The monoisotopic (exact) mass is 241 g/mol. The molecule has 0 spiro atoms. The van der Waals surface area contributed by atoms with E-state index in [2.05, 4.69) is 20.8 Å². The molecule has 0 aromatic heterocycles. The van der Waals surface area contributed by atoms with Crippen LogP contribution in [-0.2, 0) is 0 Å². The summed E-state index contributed by atoms with van der Waals surface area (Å²) in [6.45, 7) is 7.88. The molecule has 0 fully saturated rings. The molecule has 2 N–H and O–H groups in total. The highest BCUT2D eigenvalue weighted by molar-refractivity contribution is 4.75. The van der Waals surface area contributed by atoms with Crippen molar-refractivity contribution in [1.29, 1.82) is 0 Å². The van der Waals surface area contributed by atoms with Crippen LogP contribution in [0.2, 0.25) is 0 Å². The second-order valence-corrected chi connectivity index (χ2v) is 5.97. The fourth-order valence-corrected chi connectivity index (χ4v) is 2.68. The van der Waals surface area contributed by atoms with Gasteiger partial charge < -0.3 is 5.73 Å². The van der Waals surface area contributed by atoms with Gasteiger partial charge in [-0.05, 0) is 31.2 Å². The van der Waals surface area contributed by atoms with E-state index in [-0.39, 0.29) is 0 Å². The molecule has 0 aromatic carbocycles. The second-order valence-electron chi connectivity index (χ2n) is 5.97. The Labute approximate surface area is 110 Å². The average Bonchev–Trinajstić information content (AvgIpc) is 2.31. The third kappa shape index (κ3) is 9.64. The summed E-state index contributed by atoms with van der Waals surface area (Å²) in [5.74, 6) is 0. The Morgan fingerprint density at radius 1 is 0.706 bits per heavy atom. The third-order valence-electron chi connectivity index (χ3n) is 4.02. The topological polar surface area (TPSA) is 26.0 Å². The lowest BCUT2D eigenvalue weighted by atomic mass is 9.77. The zero-order valence-corrected chi connectivity index (χ0v) is 12.6. The second kappa shape index (κ2) is 11.1. The SMILES string of the molecule is CCCCCCC(C)(CCN)CCCCCC. The van der Waals surface area contributed by atoms with E-state index in [1.807, 2.05) is 0 Å². The van der Waals surface area contributed by atoms with Crippen LogP contribution in [0.1, 0.15) is 91.4 Å². The van der Waals surface area contributed by atoms with Crippen molar-refractivity contribution in [3.8, 4) is 0 Å². The van der Waals surface area contributed by atoms with E-state index in [1.54, 1.807) is 0 Å². The predicted octanol–water partition coefficient (Wildman–Crippen LogP) is 5.28. The van der Waals surface area contributed by atoms with E-state index in [0.717, 1.165) is 6.54 Å². The van der Waals surface area contributed by atoms with Crippen molar-refractivity contribution in [1.82, 2.24) is 0 Å². The molecule has 0 aliphatic carbocycles. The van der Waals surface area contributed by atoms with Gasteiger partial charge in [0.2, 0.25) is 0 Å². The number of unbranched alkanes of at least 4 members (excludes halogenated alkanes) is 6. The first kappa shape index (κ1) is 17.0. The Bertz CT molecular complexity index is 142. The van der Waals surface area contributed by atoms with Crippen LogP contribution in [0.3, 0.4) is 0 Å². The predicted molar refractivity (Wildman–Crippen MR) is 79.3 cm³/mol. The Hall–Kier alpha value is -0.0400. The van der Waals surface area contributed by atoms with E-state index in [1.165, 1.54) is 70.6 Å². The van der Waals surface area contributed by atoms with Gasteiger partial charge >= 0.3 is 0 Å². The molecule has 104 valence electrons. The fourth-order valence-electron chi connectivity index (χ4n) is 2.68. The fraction of sp³-hybridized carbons (Fsp3) is 1.00. The van der Waals surface area contributed by atoms with Gasteiger partial charge in [0.05, 0.1) is 0 Å². The molecule has 0 aromatic rings. The van der Waals surface area contributed by atoms with Crippen molar-refractivity contribution in [3.63, 3.8) is 0 Å². The van der Waals surface area contributed by atoms with Gasteiger partial charge in [0.1, 0.15) is 0 Å². The molecule has 0 amide bonds. The van der Waals surface area contributed by atoms with Crippen LogP contribution in [0, 0.1) is 5.41 Å². The van der Waals surface area contributed by atoms with E-state index < -0.39 is 0 Å². The molecular weight excluding hydrogens is 206 g/mol. The molecule has 0 radical (unpaired) electrons. The highest BCUT2D eigenvalue weighted by atomic mass is 14.5. The molecule has 0 unspecified atom stereocenters. The van der Waals surface area contributed by atoms with Crippen LogP contribution in [0.15, 0.2) is 0 Å². The van der Waals surface area contributed by atoms with Crippen molar-refractivity contribution >= 4 is 0 Å². The normalized spacial score (nSPS) is 12.0. The molecule has 0 aliphatic heterocycles. The Morgan fingerprint density at radius 3 is 1.53 bits per heavy atom. The molecule has 0 bridgehead atoms. The van der Waals surface area contributed by atoms with Crippen molar-refractivity contribution in [2.24, 2.45) is 11.1 Å². The van der Waals surface area contributed by atoms with E-state index in [0.29, 0.717) is 5.41 Å². The first-order valence-corrected chi connectivity index (χ1v) is 7.88. The van der Waals surface area contributed by atoms with Crippen LogP contribution < -0.4 is 5.73 Å². The van der Waals surface area contributed by atoms with Crippen molar-refractivity contribution < 1.29 is 0 Å². The van der Waals surface area contributed by atoms with E-state index in [4.69, 9.17) is 5.73 Å². The number of rotatable bonds is 12. The first-order valence-electron chi connectivity index (χ1n) is 7.88. The van der Waals surface area contributed by atoms with Crippen molar-refractivity contribution in [3.05, 3.63) is 0 Å². The summed E-state index contributed by atoms with van der Waals surface area (Å²) in [5, 5.41) is 0. The lowest BCUT2D eigenvalue weighted by Crippen LogP contribution is -2.21. The van der Waals surface area contributed by atoms with Crippen LogP contribution in [-0.4, -0.2) is 6.54 Å². The maximum Gasteiger partial charge on any atom is -0.00721 e. The minimum Gasteiger partial charge on any atom is -0.330 e. The average molecular weight is 241 g/mol. The standard InChI is InChI=1S/C16H35N/c1-4-6-8-10-12-16(3,14-15-17)13-11-9-7-5-2/h4-15,17H2,1-3H3. The summed E-state index contributed by atoms with van der Waals surface area (Å²) < 4.78 is 0. The molecule has 0 rings (SSSR count). The Morgan fingerprint density at radius 2 is 1.18 bits per heavy atom. The third-order valence-corrected chi connectivity index (χ3v) is 4.02. The van der Waals surface area contributed by atoms with Gasteiger partial charge in [-0.2, -0.15) is 0 Å². The quantitative estimate of drug-likeness (QED) is 0.462. The number of nitrogens with two attached hydrogens (primary N) is 1. The van der Waals surface area contributed by atoms with E-state index in [9.17, 15) is 0 Å². The Kier molecular flexibility index (Phi) is 11.0. The molecule has 0 aliphatic rings. The van der Waals surface area contributed by atoms with Gasteiger partial charge in [0.25, 0.3) is 0 Å². The molecule has 17 heavy (non-hydrogen) atoms. The van der Waals surface area contributed by atoms with Gasteiger partial charge in [-0.1, -0.05) is 72.1 Å². The summed E-state index contributed by atoms with van der Waals surface area (Å²) in [6.07, 6.45) is 15.1. The van der Waals surface area contributed by atoms with Gasteiger partial charge in [0, 0.05) is 0 Å². The Balaban J connectivity index is 3.80. The molecule has 0 saturated heterocycles. The minimum absolute atomic E-state index is 0.524. The summed E-state index contributed by atoms with van der Waals surface area (Å²) in [5.41, 5.74) is 6.30. The van der Waals surface area contributed by atoms with Gasteiger partial charge in [-0.15, -0.1) is 0 Å². The van der Waals surface area contributed by atoms with Crippen LogP contribution in [0.5, 0.6) is 0 Å². The van der Waals surface area contributed by atoms with Gasteiger partial charge in [0.15, 0.2) is 0 Å². The largest absolute Gasteiger partial charge is 0.330 e. The van der Waals surface area contributed by atoms with E-state index >= 15 is 0 Å². The lowest BCUT2D eigenvalue weighted by molar-refractivity contribution is 0.235. The smallest absolute Gasteiger partial charge is 0.00721 e. The highest BCUT2D eigenvalue weighted by Crippen LogP contribution is 2.34. The molecule has 1 nitrogen and oxygen atoms in total. The van der Waals surface area contributed by atoms with Gasteiger partial charge in [-0.25, -0.2) is 0 Å². The minimum atomic E-state index is 0.524. The van der Waals surface area contributed by atoms with Crippen LogP contribution >= 0.6 is 0 Å². The molecule has 0 saturated carbocycles.